The summed E-state index contributed by atoms with van der Waals surface area (Å²) in [6.07, 6.45) is 0.533. The van der Waals surface area contributed by atoms with Gasteiger partial charge in [-0.3, -0.25) is 9.59 Å². The number of benzene rings is 1. The molecule has 0 aliphatic carbocycles. The van der Waals surface area contributed by atoms with Crippen molar-refractivity contribution in [1.29, 1.82) is 0 Å². The number of nitrogens with one attached hydrogen (secondary N) is 1. The zero-order valence-electron chi connectivity index (χ0n) is 11.0. The van der Waals surface area contributed by atoms with Gasteiger partial charge in [0.05, 0.1) is 0 Å². The van der Waals surface area contributed by atoms with Crippen LogP contribution < -0.4 is 10.1 Å². The predicted molar refractivity (Wildman–Crippen MR) is 69.2 cm³/mol. The van der Waals surface area contributed by atoms with Crippen LogP contribution in [0, 0.1) is 0 Å². The normalized spacial score (nSPS) is 10.8. The number of ether oxygens (including phenoxy) is 1. The van der Waals surface area contributed by atoms with E-state index in [9.17, 15) is 9.59 Å². The Kier molecular flexibility index (Phi) is 4.89. The first-order chi connectivity index (χ1) is 8.43. The number of para-hydroxylation sites is 1. The van der Waals surface area contributed by atoms with Gasteiger partial charge in [-0.1, -0.05) is 25.1 Å². The van der Waals surface area contributed by atoms with Gasteiger partial charge < -0.3 is 10.1 Å². The van der Waals surface area contributed by atoms with E-state index in [4.69, 9.17) is 4.74 Å². The van der Waals surface area contributed by atoms with E-state index in [1.54, 1.807) is 24.3 Å². The quantitative estimate of drug-likeness (QED) is 0.495. The first-order valence-electron chi connectivity index (χ1n) is 5.99. The topological polar surface area (TPSA) is 55.4 Å². The Balaban J connectivity index is 2.44. The summed E-state index contributed by atoms with van der Waals surface area (Å²) in [5.74, 6) is -0.418. The van der Waals surface area contributed by atoms with Crippen molar-refractivity contribution in [1.82, 2.24) is 5.32 Å². The standard InChI is InChI=1S/C14H19NO3/c1-4-14(2,3)15-12(16)10-13(17)18-11-8-6-5-7-9-11/h5-9H,4,10H2,1-3H3,(H,15,16). The van der Waals surface area contributed by atoms with Crippen molar-refractivity contribution in [2.45, 2.75) is 39.2 Å². The first-order valence-corrected chi connectivity index (χ1v) is 5.99. The van der Waals surface area contributed by atoms with Gasteiger partial charge in [0.2, 0.25) is 5.91 Å². The van der Waals surface area contributed by atoms with Crippen LogP contribution in [-0.2, 0) is 9.59 Å². The van der Waals surface area contributed by atoms with E-state index in [1.165, 1.54) is 0 Å². The maximum absolute atomic E-state index is 11.6. The predicted octanol–water partition coefficient (Wildman–Crippen LogP) is 2.29. The molecular formula is C14H19NO3. The lowest BCUT2D eigenvalue weighted by Gasteiger charge is -2.24. The molecule has 0 spiro atoms. The van der Waals surface area contributed by atoms with Gasteiger partial charge >= 0.3 is 5.97 Å². The van der Waals surface area contributed by atoms with E-state index < -0.39 is 5.97 Å². The second-order valence-corrected chi connectivity index (χ2v) is 4.75. The highest BCUT2D eigenvalue weighted by molar-refractivity contribution is 5.95. The lowest BCUT2D eigenvalue weighted by molar-refractivity contribution is -0.139. The van der Waals surface area contributed by atoms with Crippen molar-refractivity contribution >= 4 is 11.9 Å². The molecule has 0 aliphatic rings. The molecule has 0 fully saturated rings. The highest BCUT2D eigenvalue weighted by Gasteiger charge is 2.20. The number of amides is 1. The number of carbonyl (C=O) groups excluding carboxylic acids is 2. The van der Waals surface area contributed by atoms with Crippen LogP contribution in [0.25, 0.3) is 0 Å². The molecule has 1 aromatic carbocycles. The minimum atomic E-state index is -0.550. The van der Waals surface area contributed by atoms with E-state index in [0.717, 1.165) is 6.42 Å². The Morgan fingerprint density at radius 2 is 1.83 bits per heavy atom. The fraction of sp³-hybridized carbons (Fsp3) is 0.429. The number of rotatable bonds is 5. The van der Waals surface area contributed by atoms with Crippen LogP contribution in [0.15, 0.2) is 30.3 Å². The molecule has 0 aliphatic heterocycles. The molecule has 1 rings (SSSR count). The third-order valence-electron chi connectivity index (χ3n) is 2.64. The Bertz CT molecular complexity index is 412. The van der Waals surface area contributed by atoms with E-state index in [2.05, 4.69) is 5.32 Å². The molecule has 0 aromatic heterocycles. The number of carbonyl (C=O) groups is 2. The van der Waals surface area contributed by atoms with E-state index >= 15 is 0 Å². The highest BCUT2D eigenvalue weighted by atomic mass is 16.5. The van der Waals surface area contributed by atoms with Gasteiger partial charge in [0, 0.05) is 5.54 Å². The molecule has 0 unspecified atom stereocenters. The number of esters is 1. The van der Waals surface area contributed by atoms with Crippen LogP contribution in [-0.4, -0.2) is 17.4 Å². The van der Waals surface area contributed by atoms with Crippen LogP contribution in [0.4, 0.5) is 0 Å². The molecular weight excluding hydrogens is 230 g/mol. The second-order valence-electron chi connectivity index (χ2n) is 4.75. The summed E-state index contributed by atoms with van der Waals surface area (Å²) >= 11 is 0. The number of hydrogen-bond acceptors (Lipinski definition) is 3. The Morgan fingerprint density at radius 1 is 1.22 bits per heavy atom. The summed E-state index contributed by atoms with van der Waals surface area (Å²) in [6, 6.07) is 8.71. The van der Waals surface area contributed by atoms with Gasteiger partial charge in [0.25, 0.3) is 0 Å². The SMILES string of the molecule is CCC(C)(C)NC(=O)CC(=O)Oc1ccccc1. The van der Waals surface area contributed by atoms with E-state index in [-0.39, 0.29) is 17.9 Å². The van der Waals surface area contributed by atoms with Gasteiger partial charge in [-0.05, 0) is 32.4 Å². The lowest BCUT2D eigenvalue weighted by atomic mass is 10.0. The highest BCUT2D eigenvalue weighted by Crippen LogP contribution is 2.10. The largest absolute Gasteiger partial charge is 0.426 e. The van der Waals surface area contributed by atoms with Crippen LogP contribution in [0.1, 0.15) is 33.6 Å². The fourth-order valence-electron chi connectivity index (χ4n) is 1.30. The lowest BCUT2D eigenvalue weighted by Crippen LogP contribution is -2.43. The molecule has 0 radical (unpaired) electrons. The third kappa shape index (κ3) is 4.99. The smallest absolute Gasteiger partial charge is 0.320 e. The Hall–Kier alpha value is -1.84. The average molecular weight is 249 g/mol. The van der Waals surface area contributed by atoms with Crippen molar-refractivity contribution in [2.24, 2.45) is 0 Å². The minimum absolute atomic E-state index is 0.266. The molecule has 4 heteroatoms. The molecule has 1 N–H and O–H groups in total. The minimum Gasteiger partial charge on any atom is -0.426 e. The molecule has 0 saturated carbocycles. The van der Waals surface area contributed by atoms with Gasteiger partial charge in [-0.2, -0.15) is 0 Å². The molecule has 0 atom stereocenters. The Labute approximate surface area is 107 Å². The van der Waals surface area contributed by atoms with Gasteiger partial charge in [-0.25, -0.2) is 0 Å². The molecule has 4 nitrogen and oxygen atoms in total. The zero-order chi connectivity index (χ0) is 13.6. The van der Waals surface area contributed by atoms with E-state index in [0.29, 0.717) is 5.75 Å². The molecule has 1 amide bonds. The fourth-order valence-corrected chi connectivity index (χ4v) is 1.30. The molecule has 98 valence electrons. The van der Waals surface area contributed by atoms with Crippen molar-refractivity contribution in [3.05, 3.63) is 30.3 Å². The Morgan fingerprint density at radius 3 is 2.39 bits per heavy atom. The van der Waals surface area contributed by atoms with Gasteiger partial charge in [0.1, 0.15) is 12.2 Å². The summed E-state index contributed by atoms with van der Waals surface area (Å²) in [5.41, 5.74) is -0.301. The van der Waals surface area contributed by atoms with Gasteiger partial charge in [0.15, 0.2) is 0 Å². The summed E-state index contributed by atoms with van der Waals surface area (Å²) in [5, 5.41) is 2.78. The monoisotopic (exact) mass is 249 g/mol. The third-order valence-corrected chi connectivity index (χ3v) is 2.64. The maximum Gasteiger partial charge on any atom is 0.320 e. The summed E-state index contributed by atoms with van der Waals surface area (Å²) < 4.78 is 5.03. The second kappa shape index (κ2) is 6.19. The molecule has 0 bridgehead atoms. The maximum atomic E-state index is 11.6. The van der Waals surface area contributed by atoms with Crippen LogP contribution >= 0.6 is 0 Å². The van der Waals surface area contributed by atoms with Crippen molar-refractivity contribution in [3.8, 4) is 5.75 Å². The summed E-state index contributed by atoms with van der Waals surface area (Å²) in [6.45, 7) is 5.80. The summed E-state index contributed by atoms with van der Waals surface area (Å²) in [4.78, 5) is 23.1. The molecule has 18 heavy (non-hydrogen) atoms. The molecule has 0 heterocycles. The first kappa shape index (κ1) is 14.2. The van der Waals surface area contributed by atoms with Gasteiger partial charge in [-0.15, -0.1) is 0 Å². The van der Waals surface area contributed by atoms with Crippen molar-refractivity contribution in [3.63, 3.8) is 0 Å². The molecule has 1 aromatic rings. The van der Waals surface area contributed by atoms with Crippen LogP contribution in [0.2, 0.25) is 0 Å². The van der Waals surface area contributed by atoms with Crippen LogP contribution in [0.3, 0.4) is 0 Å². The zero-order valence-corrected chi connectivity index (χ0v) is 11.0. The van der Waals surface area contributed by atoms with E-state index in [1.807, 2.05) is 26.8 Å². The van der Waals surface area contributed by atoms with Crippen molar-refractivity contribution < 1.29 is 14.3 Å². The van der Waals surface area contributed by atoms with Crippen molar-refractivity contribution in [2.75, 3.05) is 0 Å². The average Bonchev–Trinajstić information content (AvgIpc) is 2.29. The molecule has 0 saturated heterocycles. The number of hydrogen-bond donors (Lipinski definition) is 1. The van der Waals surface area contributed by atoms with Crippen LogP contribution in [0.5, 0.6) is 5.75 Å². The summed E-state index contributed by atoms with van der Waals surface area (Å²) in [7, 11) is 0.